The third-order valence-corrected chi connectivity index (χ3v) is 5.81. The Morgan fingerprint density at radius 3 is 2.69 bits per heavy atom. The number of carboxylic acid groups (broad SMARTS) is 1. The van der Waals surface area contributed by atoms with E-state index in [1.807, 2.05) is 16.7 Å². The maximum Gasteiger partial charge on any atom is 0.317 e. The Labute approximate surface area is 155 Å². The molecule has 1 saturated carbocycles. The average Bonchev–Trinajstić information content (AvgIpc) is 3.06. The minimum atomic E-state index is -0.793. The maximum absolute atomic E-state index is 12.5. The molecule has 2 N–H and O–H groups in total. The average molecular weight is 359 g/mol. The number of amides is 2. The van der Waals surface area contributed by atoms with Crippen LogP contribution < -0.4 is 5.32 Å². The lowest BCUT2D eigenvalue weighted by Crippen LogP contribution is -2.56. The SMILES string of the molecule is CCN(CC(=O)O)C1CC(NC(=O)N2CCC(c3ccccc3C)C2)C1. The zero-order valence-electron chi connectivity index (χ0n) is 15.6. The fraction of sp³-hybridized carbons (Fsp3) is 0.600. The second-order valence-electron chi connectivity index (χ2n) is 7.52. The molecule has 1 aromatic rings. The summed E-state index contributed by atoms with van der Waals surface area (Å²) in [7, 11) is 0. The van der Waals surface area contributed by atoms with Crippen molar-refractivity contribution in [1.82, 2.24) is 15.1 Å². The summed E-state index contributed by atoms with van der Waals surface area (Å²) in [6.45, 7) is 6.47. The van der Waals surface area contributed by atoms with Crippen LogP contribution in [0.1, 0.15) is 43.2 Å². The lowest BCUT2D eigenvalue weighted by Gasteiger charge is -2.42. The fourth-order valence-electron chi connectivity index (χ4n) is 4.19. The monoisotopic (exact) mass is 359 g/mol. The molecule has 0 bridgehead atoms. The van der Waals surface area contributed by atoms with Crippen molar-refractivity contribution in [2.24, 2.45) is 0 Å². The molecule has 1 aromatic carbocycles. The van der Waals surface area contributed by atoms with E-state index in [2.05, 4.69) is 36.5 Å². The third-order valence-electron chi connectivity index (χ3n) is 5.81. The van der Waals surface area contributed by atoms with Gasteiger partial charge in [-0.05, 0) is 43.9 Å². The second kappa shape index (κ2) is 8.08. The lowest BCUT2D eigenvalue weighted by molar-refractivity contribution is -0.139. The van der Waals surface area contributed by atoms with Crippen LogP contribution in [0.4, 0.5) is 4.79 Å². The molecule has 1 atom stereocenters. The van der Waals surface area contributed by atoms with Gasteiger partial charge in [0.2, 0.25) is 0 Å². The number of carbonyl (C=O) groups excluding carboxylic acids is 1. The van der Waals surface area contributed by atoms with Gasteiger partial charge in [0.25, 0.3) is 0 Å². The Kier molecular flexibility index (Phi) is 5.81. The van der Waals surface area contributed by atoms with Crippen LogP contribution in [0.15, 0.2) is 24.3 Å². The normalized spacial score (nSPS) is 25.2. The summed E-state index contributed by atoms with van der Waals surface area (Å²) in [5.41, 5.74) is 2.64. The minimum absolute atomic E-state index is 0.0193. The standard InChI is InChI=1S/C20H29N3O3/c1-3-22(13-19(24)25)17-10-16(11-17)21-20(26)23-9-8-15(12-23)18-7-5-4-6-14(18)2/h4-7,15-17H,3,8-13H2,1-2H3,(H,21,26)(H,24,25). The summed E-state index contributed by atoms with van der Waals surface area (Å²) in [6.07, 6.45) is 2.68. The number of hydrogen-bond donors (Lipinski definition) is 2. The van der Waals surface area contributed by atoms with E-state index in [9.17, 15) is 9.59 Å². The van der Waals surface area contributed by atoms with Crippen molar-refractivity contribution in [3.8, 4) is 0 Å². The van der Waals surface area contributed by atoms with Gasteiger partial charge in [-0.3, -0.25) is 9.69 Å². The minimum Gasteiger partial charge on any atom is -0.480 e. The molecule has 1 heterocycles. The Morgan fingerprint density at radius 1 is 1.31 bits per heavy atom. The number of urea groups is 1. The van der Waals surface area contributed by atoms with Crippen LogP contribution in [-0.4, -0.2) is 65.2 Å². The summed E-state index contributed by atoms with van der Waals surface area (Å²) in [6, 6.07) is 8.85. The first-order valence-electron chi connectivity index (χ1n) is 9.54. The van der Waals surface area contributed by atoms with Gasteiger partial charge in [0.15, 0.2) is 0 Å². The largest absolute Gasteiger partial charge is 0.480 e. The molecule has 1 saturated heterocycles. The van der Waals surface area contributed by atoms with Crippen LogP contribution in [0.25, 0.3) is 0 Å². The van der Waals surface area contributed by atoms with Crippen molar-refractivity contribution >= 4 is 12.0 Å². The Morgan fingerprint density at radius 2 is 2.04 bits per heavy atom. The number of carboxylic acids is 1. The van der Waals surface area contributed by atoms with E-state index in [1.54, 1.807) is 0 Å². The molecule has 6 nitrogen and oxygen atoms in total. The summed E-state index contributed by atoms with van der Waals surface area (Å²) < 4.78 is 0. The molecule has 6 heteroatoms. The maximum atomic E-state index is 12.5. The predicted molar refractivity (Wildman–Crippen MR) is 100 cm³/mol. The molecule has 0 radical (unpaired) electrons. The molecule has 1 aliphatic carbocycles. The van der Waals surface area contributed by atoms with Gasteiger partial charge < -0.3 is 15.3 Å². The first-order chi connectivity index (χ1) is 12.5. The number of hydrogen-bond acceptors (Lipinski definition) is 3. The lowest BCUT2D eigenvalue weighted by atomic mass is 9.85. The van der Waals surface area contributed by atoms with Crippen LogP contribution in [-0.2, 0) is 4.79 Å². The molecule has 0 spiro atoms. The molecule has 3 rings (SSSR count). The first-order valence-corrected chi connectivity index (χ1v) is 9.54. The van der Waals surface area contributed by atoms with Gasteiger partial charge in [-0.15, -0.1) is 0 Å². The van der Waals surface area contributed by atoms with Crippen LogP contribution in [0.2, 0.25) is 0 Å². The van der Waals surface area contributed by atoms with Crippen LogP contribution in [0.3, 0.4) is 0 Å². The number of nitrogens with one attached hydrogen (secondary N) is 1. The van der Waals surface area contributed by atoms with Gasteiger partial charge in [0, 0.05) is 31.1 Å². The van der Waals surface area contributed by atoms with Gasteiger partial charge in [0.1, 0.15) is 0 Å². The van der Waals surface area contributed by atoms with E-state index in [1.165, 1.54) is 11.1 Å². The predicted octanol–water partition coefficient (Wildman–Crippen LogP) is 2.43. The fourth-order valence-corrected chi connectivity index (χ4v) is 4.19. The molecule has 2 amide bonds. The number of nitrogens with zero attached hydrogens (tertiary/aromatic N) is 2. The van der Waals surface area contributed by atoms with Gasteiger partial charge in [-0.2, -0.15) is 0 Å². The van der Waals surface area contributed by atoms with Gasteiger partial charge >= 0.3 is 12.0 Å². The number of rotatable bonds is 6. The molecular weight excluding hydrogens is 330 g/mol. The van der Waals surface area contributed by atoms with Crippen molar-refractivity contribution in [2.45, 2.75) is 51.1 Å². The van der Waals surface area contributed by atoms with Crippen LogP contribution >= 0.6 is 0 Å². The van der Waals surface area contributed by atoms with Crippen LogP contribution in [0, 0.1) is 6.92 Å². The van der Waals surface area contributed by atoms with E-state index in [4.69, 9.17) is 5.11 Å². The number of aryl methyl sites for hydroxylation is 1. The number of benzene rings is 1. The Bertz CT molecular complexity index is 657. The smallest absolute Gasteiger partial charge is 0.317 e. The second-order valence-corrected chi connectivity index (χ2v) is 7.52. The summed E-state index contributed by atoms with van der Waals surface area (Å²) in [4.78, 5) is 27.3. The van der Waals surface area contributed by atoms with Gasteiger partial charge in [-0.25, -0.2) is 4.79 Å². The number of likely N-dealkylation sites (tertiary alicyclic amines) is 1. The van der Waals surface area contributed by atoms with E-state index in [0.717, 1.165) is 38.9 Å². The highest BCUT2D eigenvalue weighted by atomic mass is 16.4. The zero-order valence-corrected chi connectivity index (χ0v) is 15.6. The molecule has 0 aromatic heterocycles. The summed E-state index contributed by atoms with van der Waals surface area (Å²) in [5.74, 6) is -0.374. The number of likely N-dealkylation sites (N-methyl/N-ethyl adjacent to an activating group) is 1. The molecule has 142 valence electrons. The van der Waals surface area contributed by atoms with Gasteiger partial charge in [-0.1, -0.05) is 31.2 Å². The van der Waals surface area contributed by atoms with Crippen molar-refractivity contribution in [3.63, 3.8) is 0 Å². The molecule has 1 aliphatic heterocycles. The molecular formula is C20H29N3O3. The Balaban J connectivity index is 1.46. The molecule has 26 heavy (non-hydrogen) atoms. The summed E-state index contributed by atoms with van der Waals surface area (Å²) >= 11 is 0. The topological polar surface area (TPSA) is 72.9 Å². The van der Waals surface area contributed by atoms with Crippen molar-refractivity contribution in [3.05, 3.63) is 35.4 Å². The molecule has 1 unspecified atom stereocenters. The van der Waals surface area contributed by atoms with Crippen molar-refractivity contribution in [1.29, 1.82) is 0 Å². The molecule has 2 aliphatic rings. The quantitative estimate of drug-likeness (QED) is 0.818. The number of aliphatic carboxylic acids is 1. The highest BCUT2D eigenvalue weighted by Gasteiger charge is 2.36. The number of carbonyl (C=O) groups is 2. The van der Waals surface area contributed by atoms with Crippen LogP contribution in [0.5, 0.6) is 0 Å². The summed E-state index contributed by atoms with van der Waals surface area (Å²) in [5, 5.41) is 12.1. The first kappa shape index (κ1) is 18.7. The Hall–Kier alpha value is -2.08. The van der Waals surface area contributed by atoms with E-state index in [-0.39, 0.29) is 24.7 Å². The van der Waals surface area contributed by atoms with Crippen molar-refractivity contribution < 1.29 is 14.7 Å². The third kappa shape index (κ3) is 4.18. The van der Waals surface area contributed by atoms with E-state index in [0.29, 0.717) is 5.92 Å². The van der Waals surface area contributed by atoms with Crippen molar-refractivity contribution in [2.75, 3.05) is 26.2 Å². The van der Waals surface area contributed by atoms with E-state index >= 15 is 0 Å². The highest BCUT2D eigenvalue weighted by Crippen LogP contribution is 2.30. The molecule has 2 fully saturated rings. The van der Waals surface area contributed by atoms with E-state index < -0.39 is 5.97 Å². The highest BCUT2D eigenvalue weighted by molar-refractivity contribution is 5.75. The zero-order chi connectivity index (χ0) is 18.7. The van der Waals surface area contributed by atoms with Gasteiger partial charge in [0.05, 0.1) is 6.54 Å².